The van der Waals surface area contributed by atoms with Crippen LogP contribution in [0, 0.1) is 34.5 Å². The van der Waals surface area contributed by atoms with Crippen molar-refractivity contribution >= 4 is 5.91 Å². The van der Waals surface area contributed by atoms with Gasteiger partial charge in [0.1, 0.15) is 5.75 Å². The Bertz CT molecular complexity index is 864. The molecule has 168 valence electrons. The largest absolute Gasteiger partial charge is 0.497 e. The van der Waals surface area contributed by atoms with Crippen molar-refractivity contribution in [2.75, 3.05) is 13.7 Å². The highest BCUT2D eigenvalue weighted by Gasteiger charge is 2.60. The third-order valence-electron chi connectivity index (χ3n) is 9.90. The SMILES string of the molecule is COc1ccc(CN2C(=O)C=C[C@]3(C)C4CC[C@]5(C)[C@@H](CO)CC[C@H]5C4CC[C@@H]23)cc1. The molecule has 4 aliphatic rings. The number of benzene rings is 1. The molecule has 1 aliphatic heterocycles. The van der Waals surface area contributed by atoms with Crippen molar-refractivity contribution in [3.05, 3.63) is 42.0 Å². The van der Waals surface area contributed by atoms with Crippen molar-refractivity contribution < 1.29 is 14.6 Å². The van der Waals surface area contributed by atoms with Gasteiger partial charge in [-0.05, 0) is 91.4 Å². The summed E-state index contributed by atoms with van der Waals surface area (Å²) in [4.78, 5) is 15.1. The number of carbonyl (C=O) groups is 1. The van der Waals surface area contributed by atoms with Crippen molar-refractivity contribution in [1.82, 2.24) is 4.90 Å². The van der Waals surface area contributed by atoms with E-state index in [1.807, 2.05) is 18.2 Å². The molecule has 1 N–H and O–H groups in total. The third-order valence-corrected chi connectivity index (χ3v) is 9.90. The highest BCUT2D eigenvalue weighted by atomic mass is 16.5. The van der Waals surface area contributed by atoms with Crippen LogP contribution >= 0.6 is 0 Å². The van der Waals surface area contributed by atoms with E-state index >= 15 is 0 Å². The average Bonchev–Trinajstić information content (AvgIpc) is 3.13. The van der Waals surface area contributed by atoms with E-state index in [4.69, 9.17) is 4.74 Å². The van der Waals surface area contributed by atoms with Crippen LogP contribution in [-0.2, 0) is 11.3 Å². The highest BCUT2D eigenvalue weighted by Crippen LogP contribution is 2.65. The van der Waals surface area contributed by atoms with Crippen LogP contribution in [0.4, 0.5) is 0 Å². The van der Waals surface area contributed by atoms with Gasteiger partial charge < -0.3 is 14.7 Å². The predicted octanol–water partition coefficient (Wildman–Crippen LogP) is 4.81. The molecule has 1 aromatic rings. The standard InChI is InChI=1S/C27H37NO3/c1-26-14-12-23-21(22(26)10-6-19(26)17-29)9-11-24-27(23,2)15-13-25(30)28(24)16-18-4-7-20(31-3)8-5-18/h4-5,7-8,13,15,19,21-24,29H,6,9-12,14,16-17H2,1-3H3/t19-,21?,22+,23?,24-,26-,27-/m1/s1. The van der Waals surface area contributed by atoms with Crippen molar-refractivity contribution in [3.63, 3.8) is 0 Å². The van der Waals surface area contributed by atoms with Gasteiger partial charge in [0.25, 0.3) is 0 Å². The lowest BCUT2D eigenvalue weighted by Crippen LogP contribution is -2.60. The van der Waals surface area contributed by atoms with Gasteiger partial charge in [0, 0.05) is 24.6 Å². The molecule has 3 aliphatic carbocycles. The van der Waals surface area contributed by atoms with Gasteiger partial charge in [-0.2, -0.15) is 0 Å². The van der Waals surface area contributed by atoms with Crippen LogP contribution < -0.4 is 4.74 Å². The predicted molar refractivity (Wildman–Crippen MR) is 121 cm³/mol. The molecular weight excluding hydrogens is 386 g/mol. The van der Waals surface area contributed by atoms with E-state index in [9.17, 15) is 9.90 Å². The van der Waals surface area contributed by atoms with Crippen molar-refractivity contribution in [1.29, 1.82) is 0 Å². The third kappa shape index (κ3) is 3.16. The van der Waals surface area contributed by atoms with Crippen molar-refractivity contribution in [2.45, 2.75) is 65.0 Å². The van der Waals surface area contributed by atoms with Gasteiger partial charge in [0.05, 0.1) is 7.11 Å². The molecule has 3 fully saturated rings. The summed E-state index contributed by atoms with van der Waals surface area (Å²) in [6.07, 6.45) is 11.3. The summed E-state index contributed by atoms with van der Waals surface area (Å²) in [6, 6.07) is 8.39. The molecule has 4 nitrogen and oxygen atoms in total. The lowest BCUT2D eigenvalue weighted by Gasteiger charge is -2.60. The first-order valence-corrected chi connectivity index (χ1v) is 12.1. The maximum atomic E-state index is 13.0. The normalized spacial score (nSPS) is 41.5. The molecule has 2 unspecified atom stereocenters. The number of methoxy groups -OCH3 is 1. The molecule has 1 amide bonds. The summed E-state index contributed by atoms with van der Waals surface area (Å²) in [5, 5.41) is 9.98. The minimum atomic E-state index is 0.0436. The monoisotopic (exact) mass is 423 g/mol. The fraction of sp³-hybridized carbons (Fsp3) is 0.667. The van der Waals surface area contributed by atoms with Gasteiger partial charge in [-0.1, -0.05) is 32.1 Å². The van der Waals surface area contributed by atoms with E-state index in [-0.39, 0.29) is 17.4 Å². The van der Waals surface area contributed by atoms with E-state index < -0.39 is 0 Å². The second-order valence-corrected chi connectivity index (χ2v) is 11.0. The van der Waals surface area contributed by atoms with E-state index in [1.54, 1.807) is 7.11 Å². The number of carbonyl (C=O) groups excluding carboxylic acids is 1. The van der Waals surface area contributed by atoms with Crippen LogP contribution in [0.3, 0.4) is 0 Å². The minimum Gasteiger partial charge on any atom is -0.497 e. The number of aliphatic hydroxyl groups is 1. The van der Waals surface area contributed by atoms with E-state index in [2.05, 4.69) is 37.0 Å². The highest BCUT2D eigenvalue weighted by molar-refractivity contribution is 5.89. The summed E-state index contributed by atoms with van der Waals surface area (Å²) < 4.78 is 5.29. The Morgan fingerprint density at radius 1 is 1.06 bits per heavy atom. The molecule has 4 heteroatoms. The average molecular weight is 424 g/mol. The number of ether oxygens (including phenoxy) is 1. The Labute approximate surface area is 186 Å². The number of aliphatic hydroxyl groups excluding tert-OH is 1. The van der Waals surface area contributed by atoms with Gasteiger partial charge in [0.15, 0.2) is 0 Å². The molecule has 7 atom stereocenters. The van der Waals surface area contributed by atoms with Crippen LogP contribution in [0.5, 0.6) is 5.75 Å². The second kappa shape index (κ2) is 7.65. The molecule has 0 radical (unpaired) electrons. The fourth-order valence-electron chi connectivity index (χ4n) is 8.12. The van der Waals surface area contributed by atoms with Gasteiger partial charge in [-0.25, -0.2) is 0 Å². The van der Waals surface area contributed by atoms with Gasteiger partial charge in [0.2, 0.25) is 5.91 Å². The zero-order valence-electron chi connectivity index (χ0n) is 19.2. The topological polar surface area (TPSA) is 49.8 Å². The van der Waals surface area contributed by atoms with E-state index in [0.717, 1.165) is 29.6 Å². The van der Waals surface area contributed by atoms with Crippen LogP contribution in [0.15, 0.2) is 36.4 Å². The Kier molecular flexibility index (Phi) is 5.20. The molecule has 0 bridgehead atoms. The Balaban J connectivity index is 1.41. The first-order valence-electron chi connectivity index (χ1n) is 12.1. The van der Waals surface area contributed by atoms with Crippen LogP contribution in [0.1, 0.15) is 57.9 Å². The van der Waals surface area contributed by atoms with Crippen molar-refractivity contribution in [3.8, 4) is 5.75 Å². The summed E-state index contributed by atoms with van der Waals surface area (Å²) in [5.41, 5.74) is 1.50. The molecule has 0 saturated heterocycles. The summed E-state index contributed by atoms with van der Waals surface area (Å²) >= 11 is 0. The Hall–Kier alpha value is -1.81. The summed E-state index contributed by atoms with van der Waals surface area (Å²) in [5.74, 6) is 3.54. The van der Waals surface area contributed by atoms with Crippen molar-refractivity contribution in [2.24, 2.45) is 34.5 Å². The zero-order valence-corrected chi connectivity index (χ0v) is 19.2. The molecular formula is C27H37NO3. The molecule has 31 heavy (non-hydrogen) atoms. The maximum absolute atomic E-state index is 13.0. The molecule has 5 rings (SSSR count). The van der Waals surface area contributed by atoms with Crippen LogP contribution in [0.25, 0.3) is 0 Å². The quantitative estimate of drug-likeness (QED) is 0.756. The van der Waals surface area contributed by atoms with Crippen LogP contribution in [-0.4, -0.2) is 35.7 Å². The number of hydrogen-bond acceptors (Lipinski definition) is 3. The minimum absolute atomic E-state index is 0.0436. The lowest BCUT2D eigenvalue weighted by molar-refractivity contribution is -0.143. The molecule has 3 saturated carbocycles. The van der Waals surface area contributed by atoms with Gasteiger partial charge in [-0.15, -0.1) is 0 Å². The molecule has 1 heterocycles. The Morgan fingerprint density at radius 3 is 2.55 bits per heavy atom. The summed E-state index contributed by atoms with van der Waals surface area (Å²) in [6.45, 7) is 5.87. The molecule has 0 spiro atoms. The first-order chi connectivity index (χ1) is 14.9. The fourth-order valence-corrected chi connectivity index (χ4v) is 8.12. The Morgan fingerprint density at radius 2 is 1.84 bits per heavy atom. The number of amides is 1. The zero-order chi connectivity index (χ0) is 21.8. The smallest absolute Gasteiger partial charge is 0.246 e. The molecule has 1 aromatic carbocycles. The van der Waals surface area contributed by atoms with Gasteiger partial charge >= 0.3 is 0 Å². The maximum Gasteiger partial charge on any atom is 0.246 e. The van der Waals surface area contributed by atoms with E-state index in [1.165, 1.54) is 32.1 Å². The second-order valence-electron chi connectivity index (χ2n) is 11.0. The van der Waals surface area contributed by atoms with E-state index in [0.29, 0.717) is 30.4 Å². The first kappa shape index (κ1) is 21.1. The number of nitrogens with zero attached hydrogens (tertiary/aromatic N) is 1. The molecule has 0 aromatic heterocycles. The number of fused-ring (bicyclic) bond motifs is 5. The number of rotatable bonds is 4. The van der Waals surface area contributed by atoms with Crippen LogP contribution in [0.2, 0.25) is 0 Å². The van der Waals surface area contributed by atoms with Gasteiger partial charge in [-0.3, -0.25) is 4.79 Å². The number of hydrogen-bond donors (Lipinski definition) is 1. The lowest BCUT2D eigenvalue weighted by atomic mass is 9.47. The summed E-state index contributed by atoms with van der Waals surface area (Å²) in [7, 11) is 1.68.